The molecule has 0 bridgehead atoms. The second kappa shape index (κ2) is 8.29. The molecule has 150 valence electrons. The summed E-state index contributed by atoms with van der Waals surface area (Å²) in [6.07, 6.45) is 1.69. The zero-order valence-corrected chi connectivity index (χ0v) is 17.5. The molecule has 2 aromatic rings. The van der Waals surface area contributed by atoms with E-state index in [1.807, 2.05) is 37.3 Å². The molecule has 0 heterocycles. The van der Waals surface area contributed by atoms with E-state index in [9.17, 15) is 13.2 Å². The van der Waals surface area contributed by atoms with Gasteiger partial charge in [0.05, 0.1) is 12.0 Å². The maximum Gasteiger partial charge on any atom is 0.328 e. The molecular weight excluding hydrogens is 374 g/mol. The molecule has 0 aliphatic carbocycles. The fraction of sp³-hybridized carbons (Fsp3) is 0.318. The molecule has 0 fully saturated rings. The number of benzene rings is 2. The Morgan fingerprint density at radius 1 is 1.11 bits per heavy atom. The number of hydrogen-bond donors (Lipinski definition) is 1. The SMILES string of the molecule is C=CC(C)(C)C(Cc1ccccc1)(NS(=O)(=O)c1ccc(C)cc1)C(=O)OC. The van der Waals surface area contributed by atoms with Crippen LogP contribution in [0, 0.1) is 12.3 Å². The van der Waals surface area contributed by atoms with Gasteiger partial charge in [0.1, 0.15) is 5.54 Å². The van der Waals surface area contributed by atoms with Gasteiger partial charge in [0.15, 0.2) is 0 Å². The number of ether oxygens (including phenoxy) is 1. The van der Waals surface area contributed by atoms with Crippen molar-refractivity contribution in [3.63, 3.8) is 0 Å². The Hall–Kier alpha value is -2.44. The van der Waals surface area contributed by atoms with Gasteiger partial charge in [-0.3, -0.25) is 0 Å². The van der Waals surface area contributed by atoms with E-state index in [4.69, 9.17) is 4.74 Å². The van der Waals surface area contributed by atoms with Gasteiger partial charge in [-0.2, -0.15) is 4.72 Å². The normalized spacial score (nSPS) is 14.1. The van der Waals surface area contributed by atoms with Gasteiger partial charge in [-0.05, 0) is 24.6 Å². The molecule has 1 atom stereocenters. The summed E-state index contributed by atoms with van der Waals surface area (Å²) in [4.78, 5) is 13.1. The minimum atomic E-state index is -4.00. The maximum atomic E-state index is 13.2. The van der Waals surface area contributed by atoms with Gasteiger partial charge in [0.25, 0.3) is 0 Å². The van der Waals surface area contributed by atoms with E-state index in [1.54, 1.807) is 32.1 Å². The van der Waals surface area contributed by atoms with Crippen LogP contribution in [0.1, 0.15) is 25.0 Å². The number of esters is 1. The van der Waals surface area contributed by atoms with Crippen molar-refractivity contribution < 1.29 is 17.9 Å². The van der Waals surface area contributed by atoms with Crippen LogP contribution in [0.4, 0.5) is 0 Å². The predicted octanol–water partition coefficient (Wildman–Crippen LogP) is 3.64. The molecule has 0 saturated heterocycles. The van der Waals surface area contributed by atoms with Crippen LogP contribution >= 0.6 is 0 Å². The second-order valence-corrected chi connectivity index (χ2v) is 9.09. The zero-order valence-electron chi connectivity index (χ0n) is 16.7. The molecule has 2 rings (SSSR count). The van der Waals surface area contributed by atoms with Gasteiger partial charge in [-0.15, -0.1) is 6.58 Å². The van der Waals surface area contributed by atoms with E-state index in [0.717, 1.165) is 11.1 Å². The first-order valence-electron chi connectivity index (χ1n) is 8.94. The average Bonchev–Trinajstić information content (AvgIpc) is 2.67. The highest BCUT2D eigenvalue weighted by molar-refractivity contribution is 7.89. The third-order valence-electron chi connectivity index (χ3n) is 5.10. The maximum absolute atomic E-state index is 13.2. The Balaban J connectivity index is 2.63. The van der Waals surface area contributed by atoms with Crippen molar-refractivity contribution in [3.8, 4) is 0 Å². The van der Waals surface area contributed by atoms with E-state index in [2.05, 4.69) is 11.3 Å². The summed E-state index contributed by atoms with van der Waals surface area (Å²) >= 11 is 0. The minimum absolute atomic E-state index is 0.0827. The molecule has 0 aliphatic heterocycles. The molecule has 0 aromatic heterocycles. The number of sulfonamides is 1. The topological polar surface area (TPSA) is 72.5 Å². The third-order valence-corrected chi connectivity index (χ3v) is 6.61. The fourth-order valence-corrected chi connectivity index (χ4v) is 4.52. The molecule has 6 heteroatoms. The summed E-state index contributed by atoms with van der Waals surface area (Å²) in [6.45, 7) is 9.23. The van der Waals surface area contributed by atoms with Crippen molar-refractivity contribution >= 4 is 16.0 Å². The lowest BCUT2D eigenvalue weighted by Crippen LogP contribution is -2.64. The predicted molar refractivity (Wildman–Crippen MR) is 110 cm³/mol. The number of hydrogen-bond acceptors (Lipinski definition) is 4. The number of carbonyl (C=O) groups is 1. The zero-order chi connectivity index (χ0) is 21.0. The quantitative estimate of drug-likeness (QED) is 0.541. The summed E-state index contributed by atoms with van der Waals surface area (Å²) in [5.41, 5.74) is -0.772. The van der Waals surface area contributed by atoms with Crippen LogP contribution < -0.4 is 4.72 Å². The van der Waals surface area contributed by atoms with Crippen molar-refractivity contribution in [2.75, 3.05) is 7.11 Å². The highest BCUT2D eigenvalue weighted by Gasteiger charge is 2.53. The highest BCUT2D eigenvalue weighted by Crippen LogP contribution is 2.37. The van der Waals surface area contributed by atoms with Gasteiger partial charge in [-0.25, -0.2) is 13.2 Å². The van der Waals surface area contributed by atoms with Gasteiger partial charge < -0.3 is 4.74 Å². The molecule has 0 aliphatic rings. The van der Waals surface area contributed by atoms with Crippen molar-refractivity contribution in [1.29, 1.82) is 0 Å². The Morgan fingerprint density at radius 3 is 2.18 bits per heavy atom. The van der Waals surface area contributed by atoms with Crippen LogP contribution in [-0.4, -0.2) is 27.0 Å². The molecule has 1 unspecified atom stereocenters. The lowest BCUT2D eigenvalue weighted by atomic mass is 9.69. The minimum Gasteiger partial charge on any atom is -0.468 e. The van der Waals surface area contributed by atoms with Crippen LogP contribution in [-0.2, 0) is 26.0 Å². The highest BCUT2D eigenvalue weighted by atomic mass is 32.2. The summed E-state index contributed by atoms with van der Waals surface area (Å²) in [7, 11) is -2.75. The molecule has 1 N–H and O–H groups in total. The van der Waals surface area contributed by atoms with Gasteiger partial charge in [0.2, 0.25) is 10.0 Å². The molecule has 28 heavy (non-hydrogen) atoms. The fourth-order valence-electron chi connectivity index (χ4n) is 3.03. The van der Waals surface area contributed by atoms with Crippen LogP contribution in [0.2, 0.25) is 0 Å². The molecule has 2 aromatic carbocycles. The summed E-state index contributed by atoms with van der Waals surface area (Å²) in [5.74, 6) is -0.670. The molecule has 0 spiro atoms. The third kappa shape index (κ3) is 4.34. The summed E-state index contributed by atoms with van der Waals surface area (Å²) < 4.78 is 34.1. The molecule has 0 radical (unpaired) electrons. The van der Waals surface area contributed by atoms with E-state index in [0.29, 0.717) is 0 Å². The van der Waals surface area contributed by atoms with Gasteiger partial charge in [-0.1, -0.05) is 68.0 Å². The molecule has 5 nitrogen and oxygen atoms in total. The van der Waals surface area contributed by atoms with Crippen molar-refractivity contribution in [2.24, 2.45) is 5.41 Å². The molecule has 0 amide bonds. The van der Waals surface area contributed by atoms with Gasteiger partial charge in [0, 0.05) is 11.8 Å². The van der Waals surface area contributed by atoms with E-state index in [-0.39, 0.29) is 11.3 Å². The number of aryl methyl sites for hydroxylation is 1. The Kier molecular flexibility index (Phi) is 6.47. The second-order valence-electron chi connectivity index (χ2n) is 7.40. The van der Waals surface area contributed by atoms with Crippen molar-refractivity contribution in [1.82, 2.24) is 4.72 Å². The van der Waals surface area contributed by atoms with Crippen LogP contribution in [0.5, 0.6) is 0 Å². The number of nitrogens with one attached hydrogen (secondary N) is 1. The van der Waals surface area contributed by atoms with Crippen LogP contribution in [0.15, 0.2) is 72.1 Å². The molecule has 0 saturated carbocycles. The standard InChI is InChI=1S/C22H27NO4S/c1-6-21(3,4)22(20(24)27-5,16-18-10-8-7-9-11-18)23-28(25,26)19-14-12-17(2)13-15-19/h6-15,23H,1,16H2,2-5H3. The first kappa shape index (κ1) is 21.9. The first-order chi connectivity index (χ1) is 13.1. The van der Waals surface area contributed by atoms with E-state index in [1.165, 1.54) is 19.2 Å². The van der Waals surface area contributed by atoms with Crippen molar-refractivity contribution in [3.05, 3.63) is 78.4 Å². The monoisotopic (exact) mass is 401 g/mol. The van der Waals surface area contributed by atoms with Crippen molar-refractivity contribution in [2.45, 2.75) is 37.6 Å². The lowest BCUT2D eigenvalue weighted by molar-refractivity contribution is -0.151. The Bertz CT molecular complexity index is 934. The number of methoxy groups -OCH3 is 1. The van der Waals surface area contributed by atoms with E-state index < -0.39 is 26.9 Å². The summed E-state index contributed by atoms with van der Waals surface area (Å²) in [5, 5.41) is 0. The smallest absolute Gasteiger partial charge is 0.328 e. The lowest BCUT2D eigenvalue weighted by Gasteiger charge is -2.43. The molecular formula is C22H27NO4S. The van der Waals surface area contributed by atoms with Gasteiger partial charge >= 0.3 is 5.97 Å². The summed E-state index contributed by atoms with van der Waals surface area (Å²) in [6, 6.07) is 15.7. The Morgan fingerprint density at radius 2 is 1.68 bits per heavy atom. The largest absolute Gasteiger partial charge is 0.468 e. The van der Waals surface area contributed by atoms with E-state index >= 15 is 0 Å². The number of rotatable bonds is 8. The Labute approximate surface area is 167 Å². The number of carbonyl (C=O) groups excluding carboxylic acids is 1. The first-order valence-corrected chi connectivity index (χ1v) is 10.4. The van der Waals surface area contributed by atoms with Crippen LogP contribution in [0.3, 0.4) is 0 Å². The average molecular weight is 402 g/mol. The van der Waals surface area contributed by atoms with Crippen LogP contribution in [0.25, 0.3) is 0 Å².